The van der Waals surface area contributed by atoms with Gasteiger partial charge in [0.05, 0.1) is 34.1 Å². The highest BCUT2D eigenvalue weighted by molar-refractivity contribution is 6.23. The topological polar surface area (TPSA) is 84.3 Å². The average Bonchev–Trinajstić information content (AvgIpc) is 3.47. The lowest BCUT2D eigenvalue weighted by atomic mass is 9.75. The fourth-order valence-electron chi connectivity index (χ4n) is 7.06. The Morgan fingerprint density at radius 3 is 2.32 bits per heavy atom. The second-order valence-electron chi connectivity index (χ2n) is 11.2. The smallest absolute Gasteiger partial charge is 0.266 e. The van der Waals surface area contributed by atoms with Crippen molar-refractivity contribution in [1.29, 1.82) is 0 Å². The monoisotopic (exact) mass is 504 g/mol. The molecule has 0 unspecified atom stereocenters. The van der Waals surface area contributed by atoms with Crippen LogP contribution in [0.5, 0.6) is 0 Å². The van der Waals surface area contributed by atoms with E-state index in [-0.39, 0.29) is 29.3 Å². The van der Waals surface area contributed by atoms with E-state index in [2.05, 4.69) is 19.2 Å². The number of anilines is 1. The molecule has 2 fully saturated rings. The molecule has 7 heteroatoms. The lowest BCUT2D eigenvalue weighted by Crippen LogP contribution is -2.51. The fourth-order valence-corrected chi connectivity index (χ4v) is 7.06. The van der Waals surface area contributed by atoms with Gasteiger partial charge in [0.25, 0.3) is 5.56 Å². The number of aryl methyl sites for hydroxylation is 2. The van der Waals surface area contributed by atoms with Crippen LogP contribution < -0.4 is 15.8 Å². The van der Waals surface area contributed by atoms with E-state index in [0.717, 1.165) is 16.7 Å². The van der Waals surface area contributed by atoms with Crippen LogP contribution in [0.4, 0.5) is 5.69 Å². The number of nitrogens with one attached hydrogen (secondary N) is 1. The van der Waals surface area contributed by atoms with Crippen LogP contribution in [0.1, 0.15) is 36.4 Å². The summed E-state index contributed by atoms with van der Waals surface area (Å²) in [6, 6.07) is 20.5. The number of carbonyl (C=O) groups is 2. The first-order chi connectivity index (χ1) is 18.2. The van der Waals surface area contributed by atoms with Crippen LogP contribution >= 0.6 is 0 Å². The van der Waals surface area contributed by atoms with Gasteiger partial charge >= 0.3 is 0 Å². The number of imide groups is 1. The molecule has 3 aromatic carbocycles. The summed E-state index contributed by atoms with van der Waals surface area (Å²) in [4.78, 5) is 48.9. The molecule has 0 radical (unpaired) electrons. The molecule has 7 nitrogen and oxygen atoms in total. The highest BCUT2D eigenvalue weighted by Crippen LogP contribution is 2.56. The van der Waals surface area contributed by atoms with E-state index < -0.39 is 17.4 Å². The quantitative estimate of drug-likeness (QED) is 0.418. The number of para-hydroxylation sites is 2. The summed E-state index contributed by atoms with van der Waals surface area (Å²) in [5.41, 5.74) is 3.37. The Bertz CT molecular complexity index is 1740. The van der Waals surface area contributed by atoms with Crippen molar-refractivity contribution in [3.05, 3.63) is 99.6 Å². The zero-order valence-electron chi connectivity index (χ0n) is 21.7. The van der Waals surface area contributed by atoms with E-state index in [4.69, 9.17) is 4.98 Å². The van der Waals surface area contributed by atoms with Crippen LogP contribution in [0, 0.1) is 31.6 Å². The molecule has 3 aliphatic heterocycles. The molecule has 4 aromatic rings. The Hall–Kier alpha value is -4.10. The van der Waals surface area contributed by atoms with Gasteiger partial charge in [0.2, 0.25) is 11.8 Å². The van der Waals surface area contributed by atoms with E-state index in [1.54, 1.807) is 10.6 Å². The molecule has 7 rings (SSSR count). The van der Waals surface area contributed by atoms with E-state index in [9.17, 15) is 14.4 Å². The van der Waals surface area contributed by atoms with Gasteiger partial charge in [0, 0.05) is 11.6 Å². The summed E-state index contributed by atoms with van der Waals surface area (Å²) in [7, 11) is 0. The number of nitrogens with zero attached hydrogens (tertiary/aromatic N) is 3. The molecule has 1 N–H and O–H groups in total. The Labute approximate surface area is 220 Å². The Morgan fingerprint density at radius 2 is 1.58 bits per heavy atom. The summed E-state index contributed by atoms with van der Waals surface area (Å²) in [5.74, 6) is -1.26. The first kappa shape index (κ1) is 23.0. The van der Waals surface area contributed by atoms with Crippen LogP contribution in [-0.4, -0.2) is 27.4 Å². The number of amides is 2. The standard InChI is InChI=1S/C31H28N4O3/c1-16(2)26-24-25(29(38)34(28(24)37)19-14-17(3)13-18(4)15-19)31(33-26)21-10-6-8-12-23(21)35-27(36)20-9-5-7-11-22(20)32-30(31)35/h5-16,24-26,33H,1-4H3/t24-,25-,26-,31+/m1/s1. The van der Waals surface area contributed by atoms with Crippen molar-refractivity contribution in [3.8, 4) is 5.69 Å². The zero-order chi connectivity index (χ0) is 26.5. The molecular weight excluding hydrogens is 476 g/mol. The first-order valence-electron chi connectivity index (χ1n) is 13.1. The van der Waals surface area contributed by atoms with Crippen molar-refractivity contribution in [2.75, 3.05) is 4.90 Å². The number of rotatable bonds is 2. The second kappa shape index (κ2) is 7.71. The Kier molecular flexibility index (Phi) is 4.68. The summed E-state index contributed by atoms with van der Waals surface area (Å²) < 4.78 is 1.64. The van der Waals surface area contributed by atoms with Crippen LogP contribution in [0.15, 0.2) is 71.5 Å². The fraction of sp³-hybridized carbons (Fsp3) is 0.290. The van der Waals surface area contributed by atoms with Crippen molar-refractivity contribution in [2.45, 2.75) is 39.3 Å². The third kappa shape index (κ3) is 2.77. The number of hydrogen-bond donors (Lipinski definition) is 1. The minimum absolute atomic E-state index is 0.0613. The maximum atomic E-state index is 14.5. The van der Waals surface area contributed by atoms with Gasteiger partial charge < -0.3 is 0 Å². The van der Waals surface area contributed by atoms with Crippen molar-refractivity contribution in [3.63, 3.8) is 0 Å². The van der Waals surface area contributed by atoms with Crippen molar-refractivity contribution >= 4 is 28.4 Å². The molecule has 4 heterocycles. The van der Waals surface area contributed by atoms with Crippen molar-refractivity contribution < 1.29 is 9.59 Å². The van der Waals surface area contributed by atoms with Crippen LogP contribution in [0.3, 0.4) is 0 Å². The maximum Gasteiger partial charge on any atom is 0.266 e. The predicted octanol–water partition coefficient (Wildman–Crippen LogP) is 3.99. The highest BCUT2D eigenvalue weighted by Gasteiger charge is 2.70. The molecule has 1 spiro atoms. The first-order valence-corrected chi connectivity index (χ1v) is 13.1. The maximum absolute atomic E-state index is 14.5. The minimum Gasteiger partial charge on any atom is -0.296 e. The SMILES string of the molecule is Cc1cc(C)cc(N2C(=O)[C@H]3[C@@H](C(C)C)N[C@@]4(c5ccccc5-n5c4nc4ccccc4c5=O)[C@H]3C2=O)c1. The molecular formula is C31H28N4O3. The highest BCUT2D eigenvalue weighted by atomic mass is 16.2. The molecule has 1 aromatic heterocycles. The van der Waals surface area contributed by atoms with E-state index >= 15 is 0 Å². The summed E-state index contributed by atoms with van der Waals surface area (Å²) in [6.45, 7) is 8.06. The molecule has 0 saturated carbocycles. The lowest BCUT2D eigenvalue weighted by molar-refractivity contribution is -0.123. The number of benzene rings is 3. The third-order valence-corrected chi connectivity index (χ3v) is 8.48. The van der Waals surface area contributed by atoms with Gasteiger partial charge in [-0.2, -0.15) is 0 Å². The van der Waals surface area contributed by atoms with Gasteiger partial charge in [-0.3, -0.25) is 24.3 Å². The lowest BCUT2D eigenvalue weighted by Gasteiger charge is -2.32. The van der Waals surface area contributed by atoms with Crippen LogP contribution in [0.25, 0.3) is 16.6 Å². The molecule has 0 bridgehead atoms. The number of fused-ring (bicyclic) bond motifs is 8. The average molecular weight is 505 g/mol. The Balaban J connectivity index is 1.53. The van der Waals surface area contributed by atoms with Gasteiger partial charge in [0.1, 0.15) is 11.4 Å². The molecule has 3 aliphatic rings. The molecule has 2 amide bonds. The molecule has 2 saturated heterocycles. The van der Waals surface area contributed by atoms with E-state index in [1.807, 2.05) is 74.5 Å². The summed E-state index contributed by atoms with van der Waals surface area (Å²) >= 11 is 0. The minimum atomic E-state index is -1.11. The predicted molar refractivity (Wildman–Crippen MR) is 145 cm³/mol. The second-order valence-corrected chi connectivity index (χ2v) is 11.2. The van der Waals surface area contributed by atoms with Gasteiger partial charge in [0.15, 0.2) is 0 Å². The van der Waals surface area contributed by atoms with Crippen molar-refractivity contribution in [2.24, 2.45) is 17.8 Å². The molecule has 38 heavy (non-hydrogen) atoms. The zero-order valence-corrected chi connectivity index (χ0v) is 21.7. The molecule has 190 valence electrons. The number of aromatic nitrogens is 2. The summed E-state index contributed by atoms with van der Waals surface area (Å²) in [5, 5.41) is 4.25. The molecule has 0 aliphatic carbocycles. The largest absolute Gasteiger partial charge is 0.296 e. The molecule has 4 atom stereocenters. The van der Waals surface area contributed by atoms with Gasteiger partial charge in [-0.15, -0.1) is 0 Å². The third-order valence-electron chi connectivity index (χ3n) is 8.48. The Morgan fingerprint density at radius 1 is 0.895 bits per heavy atom. The van der Waals surface area contributed by atoms with Gasteiger partial charge in [-0.05, 0) is 61.2 Å². The summed E-state index contributed by atoms with van der Waals surface area (Å²) in [6.07, 6.45) is 0. The van der Waals surface area contributed by atoms with E-state index in [1.165, 1.54) is 4.90 Å². The van der Waals surface area contributed by atoms with Crippen molar-refractivity contribution in [1.82, 2.24) is 14.9 Å². The van der Waals surface area contributed by atoms with Crippen LogP contribution in [-0.2, 0) is 15.1 Å². The van der Waals surface area contributed by atoms with Gasteiger partial charge in [-0.1, -0.05) is 50.2 Å². The number of carbonyl (C=O) groups excluding carboxylic acids is 2. The normalized spacial score (nSPS) is 25.5. The number of hydrogen-bond acceptors (Lipinski definition) is 5. The van der Waals surface area contributed by atoms with Gasteiger partial charge in [-0.25, -0.2) is 9.88 Å². The van der Waals surface area contributed by atoms with Crippen LogP contribution in [0.2, 0.25) is 0 Å². The van der Waals surface area contributed by atoms with E-state index in [0.29, 0.717) is 28.1 Å².